The molecular formula is C17H21IN4O2. The molecule has 1 aliphatic carbocycles. The molecule has 7 heteroatoms. The first kappa shape index (κ1) is 17.3. The number of nitrogens with one attached hydrogen (secondary N) is 1. The summed E-state index contributed by atoms with van der Waals surface area (Å²) in [7, 11) is 4.23. The summed E-state index contributed by atoms with van der Waals surface area (Å²) < 4.78 is 1.04. The van der Waals surface area contributed by atoms with E-state index in [4.69, 9.17) is 0 Å². The van der Waals surface area contributed by atoms with Crippen molar-refractivity contribution in [2.45, 2.75) is 37.8 Å². The fraction of sp³-hybridized carbons (Fsp3) is 0.471. The molecule has 24 heavy (non-hydrogen) atoms. The van der Waals surface area contributed by atoms with Crippen molar-refractivity contribution < 1.29 is 4.92 Å². The Hall–Kier alpha value is -1.48. The van der Waals surface area contributed by atoms with Gasteiger partial charge in [-0.25, -0.2) is 4.98 Å². The van der Waals surface area contributed by atoms with E-state index in [1.165, 1.54) is 6.20 Å². The van der Waals surface area contributed by atoms with E-state index < -0.39 is 0 Å². The highest BCUT2D eigenvalue weighted by molar-refractivity contribution is 14.1. The molecule has 0 saturated heterocycles. The number of aromatic nitrogens is 1. The first-order valence-corrected chi connectivity index (χ1v) is 9.19. The van der Waals surface area contributed by atoms with Crippen LogP contribution in [0, 0.1) is 13.7 Å². The second-order valence-corrected chi connectivity index (χ2v) is 7.80. The van der Waals surface area contributed by atoms with Crippen molar-refractivity contribution >= 4 is 44.9 Å². The number of benzene rings is 1. The van der Waals surface area contributed by atoms with Crippen LogP contribution in [-0.2, 0) is 0 Å². The van der Waals surface area contributed by atoms with Crippen molar-refractivity contribution in [3.05, 3.63) is 38.1 Å². The van der Waals surface area contributed by atoms with Crippen LogP contribution >= 0.6 is 22.6 Å². The fourth-order valence-corrected chi connectivity index (χ4v) is 3.88. The molecule has 6 nitrogen and oxygen atoms in total. The molecule has 0 amide bonds. The molecule has 1 saturated carbocycles. The molecule has 0 radical (unpaired) electrons. The third-order valence-electron chi connectivity index (χ3n) is 4.78. The van der Waals surface area contributed by atoms with Gasteiger partial charge in [0.15, 0.2) is 0 Å². The van der Waals surface area contributed by atoms with E-state index in [0.717, 1.165) is 40.2 Å². The molecule has 1 aromatic carbocycles. The summed E-state index contributed by atoms with van der Waals surface area (Å²) in [5.41, 5.74) is 1.45. The predicted octanol–water partition coefficient (Wildman–Crippen LogP) is 4.03. The van der Waals surface area contributed by atoms with Gasteiger partial charge in [0.1, 0.15) is 11.9 Å². The molecular weight excluding hydrogens is 419 g/mol. The Bertz CT molecular complexity index is 758. The zero-order valence-electron chi connectivity index (χ0n) is 13.8. The van der Waals surface area contributed by atoms with Crippen molar-refractivity contribution in [2.75, 3.05) is 19.4 Å². The summed E-state index contributed by atoms with van der Waals surface area (Å²) in [6.45, 7) is 0. The monoisotopic (exact) mass is 440 g/mol. The molecule has 2 aromatic rings. The molecule has 1 heterocycles. The highest BCUT2D eigenvalue weighted by atomic mass is 127. The van der Waals surface area contributed by atoms with E-state index in [2.05, 4.69) is 51.9 Å². The van der Waals surface area contributed by atoms with E-state index in [1.807, 2.05) is 18.2 Å². The van der Waals surface area contributed by atoms with Crippen molar-refractivity contribution in [1.82, 2.24) is 9.88 Å². The minimum absolute atomic E-state index is 0.0548. The molecule has 1 aromatic heterocycles. The molecule has 0 bridgehead atoms. The van der Waals surface area contributed by atoms with Crippen LogP contribution in [0.25, 0.3) is 10.9 Å². The summed E-state index contributed by atoms with van der Waals surface area (Å²) in [5, 5.41) is 15.7. The number of nitrogens with zero attached hydrogens (tertiary/aromatic N) is 3. The summed E-state index contributed by atoms with van der Waals surface area (Å²) in [5.74, 6) is 0. The first-order valence-electron chi connectivity index (χ1n) is 8.11. The molecule has 1 N–H and O–H groups in total. The highest BCUT2D eigenvalue weighted by Crippen LogP contribution is 2.35. The van der Waals surface area contributed by atoms with Crippen molar-refractivity contribution in [3.63, 3.8) is 0 Å². The van der Waals surface area contributed by atoms with Gasteiger partial charge >= 0.3 is 5.69 Å². The quantitative estimate of drug-likeness (QED) is 0.442. The Morgan fingerprint density at radius 1 is 1.29 bits per heavy atom. The SMILES string of the molecule is CN(C)C1CCC(Nc2c([N+](=O)[O-])cnc3ccc(I)cc23)CC1. The van der Waals surface area contributed by atoms with Crippen LogP contribution in [0.3, 0.4) is 0 Å². The van der Waals surface area contributed by atoms with E-state index in [1.54, 1.807) is 0 Å². The molecule has 3 rings (SSSR count). The zero-order chi connectivity index (χ0) is 17.3. The minimum atomic E-state index is -0.347. The maximum atomic E-state index is 11.5. The third-order valence-corrected chi connectivity index (χ3v) is 5.45. The molecule has 0 unspecified atom stereocenters. The second kappa shape index (κ2) is 7.18. The van der Waals surface area contributed by atoms with Gasteiger partial charge in [0.05, 0.1) is 10.4 Å². The van der Waals surface area contributed by atoms with Crippen LogP contribution < -0.4 is 5.32 Å². The van der Waals surface area contributed by atoms with E-state index in [0.29, 0.717) is 11.7 Å². The fourth-order valence-electron chi connectivity index (χ4n) is 3.39. The highest BCUT2D eigenvalue weighted by Gasteiger charge is 2.26. The molecule has 0 aliphatic heterocycles. The van der Waals surface area contributed by atoms with E-state index in [-0.39, 0.29) is 16.7 Å². The summed E-state index contributed by atoms with van der Waals surface area (Å²) >= 11 is 2.22. The number of hydrogen-bond donors (Lipinski definition) is 1. The lowest BCUT2D eigenvalue weighted by atomic mass is 9.90. The number of hydrogen-bond acceptors (Lipinski definition) is 5. The Labute approximate surface area is 154 Å². The Kier molecular flexibility index (Phi) is 5.19. The molecule has 128 valence electrons. The second-order valence-electron chi connectivity index (χ2n) is 6.55. The Balaban J connectivity index is 1.91. The lowest BCUT2D eigenvalue weighted by Crippen LogP contribution is -2.36. The predicted molar refractivity (Wildman–Crippen MR) is 104 cm³/mol. The van der Waals surface area contributed by atoms with Gasteiger partial charge < -0.3 is 10.2 Å². The maximum Gasteiger partial charge on any atom is 0.311 e. The maximum absolute atomic E-state index is 11.5. The van der Waals surface area contributed by atoms with Crippen molar-refractivity contribution in [2.24, 2.45) is 0 Å². The van der Waals surface area contributed by atoms with E-state index in [9.17, 15) is 10.1 Å². The summed E-state index contributed by atoms with van der Waals surface area (Å²) in [4.78, 5) is 17.6. The molecule has 0 spiro atoms. The lowest BCUT2D eigenvalue weighted by Gasteiger charge is -2.33. The average molecular weight is 440 g/mol. The normalized spacial score (nSPS) is 21.2. The van der Waals surface area contributed by atoms with Crippen molar-refractivity contribution in [1.29, 1.82) is 0 Å². The lowest BCUT2D eigenvalue weighted by molar-refractivity contribution is -0.384. The van der Waals surface area contributed by atoms with Gasteiger partial charge in [-0.3, -0.25) is 10.1 Å². The topological polar surface area (TPSA) is 71.3 Å². The first-order chi connectivity index (χ1) is 11.5. The van der Waals surface area contributed by atoms with Crippen LogP contribution in [0.5, 0.6) is 0 Å². The van der Waals surface area contributed by atoms with Gasteiger partial charge in [0, 0.05) is 21.0 Å². The minimum Gasteiger partial charge on any atom is -0.376 e. The van der Waals surface area contributed by atoms with Crippen LogP contribution in [0.15, 0.2) is 24.4 Å². The smallest absolute Gasteiger partial charge is 0.311 e. The largest absolute Gasteiger partial charge is 0.376 e. The van der Waals surface area contributed by atoms with Gasteiger partial charge in [0.2, 0.25) is 0 Å². The standard InChI is InChI=1S/C17H21IN4O2/c1-21(2)13-6-4-12(5-7-13)20-17-14-9-11(18)3-8-15(14)19-10-16(17)22(23)24/h3,8-10,12-13H,4-7H2,1-2H3,(H,19,20). The van der Waals surface area contributed by atoms with Crippen LogP contribution in [0.1, 0.15) is 25.7 Å². The Morgan fingerprint density at radius 2 is 2.00 bits per heavy atom. The van der Waals surface area contributed by atoms with Gasteiger partial charge in [-0.2, -0.15) is 0 Å². The molecule has 1 aliphatic rings. The average Bonchev–Trinajstić information content (AvgIpc) is 2.55. The van der Waals surface area contributed by atoms with Crippen LogP contribution in [0.4, 0.5) is 11.4 Å². The van der Waals surface area contributed by atoms with Crippen LogP contribution in [-0.4, -0.2) is 41.0 Å². The van der Waals surface area contributed by atoms with Gasteiger partial charge in [-0.15, -0.1) is 0 Å². The third kappa shape index (κ3) is 3.61. The molecule has 0 atom stereocenters. The van der Waals surface area contributed by atoms with E-state index >= 15 is 0 Å². The summed E-state index contributed by atoms with van der Waals surface area (Å²) in [6, 6.07) is 6.71. The number of nitro groups is 1. The molecule has 1 fully saturated rings. The van der Waals surface area contributed by atoms with Crippen LogP contribution in [0.2, 0.25) is 0 Å². The number of pyridine rings is 1. The Morgan fingerprint density at radius 3 is 2.62 bits per heavy atom. The summed E-state index contributed by atoms with van der Waals surface area (Å²) in [6.07, 6.45) is 5.63. The number of rotatable bonds is 4. The van der Waals surface area contributed by atoms with Gasteiger partial charge in [0.25, 0.3) is 0 Å². The van der Waals surface area contributed by atoms with Gasteiger partial charge in [-0.05, 0) is 80.6 Å². The van der Waals surface area contributed by atoms with Gasteiger partial charge in [-0.1, -0.05) is 0 Å². The number of halogens is 1. The zero-order valence-corrected chi connectivity index (χ0v) is 16.0. The number of fused-ring (bicyclic) bond motifs is 1. The van der Waals surface area contributed by atoms with Crippen molar-refractivity contribution in [3.8, 4) is 0 Å². The number of anilines is 1.